The van der Waals surface area contributed by atoms with Gasteiger partial charge in [-0.2, -0.15) is 0 Å². The van der Waals surface area contributed by atoms with Crippen LogP contribution in [-0.2, 0) is 0 Å². The first-order valence-electron chi connectivity index (χ1n) is 3.43. The molecule has 0 saturated carbocycles. The Kier molecular flexibility index (Phi) is 1.32. The van der Waals surface area contributed by atoms with Crippen LogP contribution in [0.2, 0.25) is 0 Å². The van der Waals surface area contributed by atoms with Crippen molar-refractivity contribution in [3.8, 4) is 5.75 Å². The Morgan fingerprint density at radius 2 is 2.36 bits per heavy atom. The van der Waals surface area contributed by atoms with Crippen LogP contribution >= 0.6 is 0 Å². The number of benzene rings is 1. The SMILES string of the molecule is COc1cc[c]c2[nH]ccc12. The van der Waals surface area contributed by atoms with Crippen LogP contribution in [0, 0.1) is 6.07 Å². The van der Waals surface area contributed by atoms with Gasteiger partial charge in [0.15, 0.2) is 0 Å². The van der Waals surface area contributed by atoms with Crippen LogP contribution < -0.4 is 4.74 Å². The minimum atomic E-state index is 0.889. The molecule has 0 unspecified atom stereocenters. The first kappa shape index (κ1) is 6.28. The molecule has 0 atom stereocenters. The fourth-order valence-electron chi connectivity index (χ4n) is 1.16. The van der Waals surface area contributed by atoms with Crippen molar-refractivity contribution in [2.75, 3.05) is 7.11 Å². The highest BCUT2D eigenvalue weighted by Gasteiger charge is 1.99. The second-order valence-electron chi connectivity index (χ2n) is 2.31. The molecule has 2 rings (SSSR count). The van der Waals surface area contributed by atoms with Crippen LogP contribution in [0.25, 0.3) is 10.9 Å². The number of rotatable bonds is 1. The van der Waals surface area contributed by atoms with Crippen molar-refractivity contribution in [3.63, 3.8) is 0 Å². The van der Waals surface area contributed by atoms with Gasteiger partial charge in [-0.1, -0.05) is 0 Å². The Morgan fingerprint density at radius 3 is 3.18 bits per heavy atom. The smallest absolute Gasteiger partial charge is 0.128 e. The second-order valence-corrected chi connectivity index (χ2v) is 2.31. The number of aromatic amines is 1. The van der Waals surface area contributed by atoms with Gasteiger partial charge in [-0.05, 0) is 18.2 Å². The molecule has 11 heavy (non-hydrogen) atoms. The van der Waals surface area contributed by atoms with Crippen molar-refractivity contribution in [2.45, 2.75) is 0 Å². The van der Waals surface area contributed by atoms with E-state index < -0.39 is 0 Å². The van der Waals surface area contributed by atoms with E-state index in [1.165, 1.54) is 0 Å². The lowest BCUT2D eigenvalue weighted by Crippen LogP contribution is -1.81. The van der Waals surface area contributed by atoms with Gasteiger partial charge >= 0.3 is 0 Å². The molecule has 0 fully saturated rings. The highest BCUT2D eigenvalue weighted by atomic mass is 16.5. The molecule has 1 radical (unpaired) electrons. The molecule has 0 spiro atoms. The maximum Gasteiger partial charge on any atom is 0.128 e. The molecule has 1 aromatic carbocycles. The van der Waals surface area contributed by atoms with Gasteiger partial charge in [0.05, 0.1) is 12.6 Å². The zero-order chi connectivity index (χ0) is 7.68. The number of aromatic nitrogens is 1. The van der Waals surface area contributed by atoms with Crippen LogP contribution in [0.4, 0.5) is 0 Å². The Balaban J connectivity index is 2.79. The monoisotopic (exact) mass is 146 g/mol. The summed E-state index contributed by atoms with van der Waals surface area (Å²) in [5.41, 5.74) is 0.990. The third-order valence-electron chi connectivity index (χ3n) is 1.69. The van der Waals surface area contributed by atoms with E-state index in [1.54, 1.807) is 7.11 Å². The maximum absolute atomic E-state index is 5.15. The number of hydrogen-bond acceptors (Lipinski definition) is 1. The van der Waals surface area contributed by atoms with E-state index in [0.717, 1.165) is 16.7 Å². The van der Waals surface area contributed by atoms with Crippen molar-refractivity contribution < 1.29 is 4.74 Å². The highest BCUT2D eigenvalue weighted by molar-refractivity contribution is 5.85. The molecule has 0 amide bonds. The van der Waals surface area contributed by atoms with Gasteiger partial charge in [-0.25, -0.2) is 0 Å². The number of hydrogen-bond donors (Lipinski definition) is 1. The number of H-pyrrole nitrogens is 1. The average molecular weight is 146 g/mol. The molecule has 0 aliphatic carbocycles. The number of methoxy groups -OCH3 is 1. The van der Waals surface area contributed by atoms with Crippen molar-refractivity contribution >= 4 is 10.9 Å². The molecule has 2 nitrogen and oxygen atoms in total. The summed E-state index contributed by atoms with van der Waals surface area (Å²) >= 11 is 0. The van der Waals surface area contributed by atoms with Gasteiger partial charge in [0, 0.05) is 17.6 Å². The van der Waals surface area contributed by atoms with Crippen molar-refractivity contribution in [1.82, 2.24) is 4.98 Å². The average Bonchev–Trinajstić information content (AvgIpc) is 2.50. The summed E-state index contributed by atoms with van der Waals surface area (Å²) < 4.78 is 5.15. The standard InChI is InChI=1S/C9H8NO/c1-11-9-4-2-3-8-7(9)5-6-10-8/h2,4-6,10H,1H3. The first-order valence-corrected chi connectivity index (χ1v) is 3.43. The van der Waals surface area contributed by atoms with Gasteiger partial charge in [0.2, 0.25) is 0 Å². The van der Waals surface area contributed by atoms with Crippen LogP contribution in [0.5, 0.6) is 5.75 Å². The fourth-order valence-corrected chi connectivity index (χ4v) is 1.16. The quantitative estimate of drug-likeness (QED) is 0.653. The van der Waals surface area contributed by atoms with Gasteiger partial charge < -0.3 is 9.72 Å². The van der Waals surface area contributed by atoms with E-state index in [9.17, 15) is 0 Å². The second kappa shape index (κ2) is 2.31. The molecule has 2 aromatic rings. The highest BCUT2D eigenvalue weighted by Crippen LogP contribution is 2.22. The summed E-state index contributed by atoms with van der Waals surface area (Å²) in [5.74, 6) is 0.889. The maximum atomic E-state index is 5.15. The molecule has 2 heteroatoms. The third kappa shape index (κ3) is 0.871. The predicted molar refractivity (Wildman–Crippen MR) is 43.7 cm³/mol. The zero-order valence-corrected chi connectivity index (χ0v) is 6.22. The molecule has 55 valence electrons. The summed E-state index contributed by atoms with van der Waals surface area (Å²) in [4.78, 5) is 3.06. The molecule has 1 aromatic heterocycles. The van der Waals surface area contributed by atoms with Crippen molar-refractivity contribution in [3.05, 3.63) is 30.5 Å². The summed E-state index contributed by atoms with van der Waals surface area (Å²) in [6, 6.07) is 8.79. The number of fused-ring (bicyclic) bond motifs is 1. The minimum Gasteiger partial charge on any atom is -0.496 e. The molecule has 0 saturated heterocycles. The Hall–Kier alpha value is -1.44. The number of ether oxygens (including phenoxy) is 1. The minimum absolute atomic E-state index is 0.889. The summed E-state index contributed by atoms with van der Waals surface area (Å²) in [6.45, 7) is 0. The summed E-state index contributed by atoms with van der Waals surface area (Å²) in [6.07, 6.45) is 1.88. The molecule has 0 bridgehead atoms. The lowest BCUT2D eigenvalue weighted by molar-refractivity contribution is 0.420. The van der Waals surface area contributed by atoms with E-state index in [-0.39, 0.29) is 0 Å². The molecule has 0 aliphatic heterocycles. The van der Waals surface area contributed by atoms with Gasteiger partial charge in [0.25, 0.3) is 0 Å². The third-order valence-corrected chi connectivity index (χ3v) is 1.69. The molecule has 1 heterocycles. The van der Waals surface area contributed by atoms with Gasteiger partial charge in [0.1, 0.15) is 5.75 Å². The fraction of sp³-hybridized carbons (Fsp3) is 0.111. The van der Waals surface area contributed by atoms with Crippen molar-refractivity contribution in [2.24, 2.45) is 0 Å². The van der Waals surface area contributed by atoms with Crippen LogP contribution in [0.15, 0.2) is 24.4 Å². The zero-order valence-electron chi connectivity index (χ0n) is 6.22. The molecular formula is C9H8NO. The van der Waals surface area contributed by atoms with E-state index in [0.29, 0.717) is 0 Å². The van der Waals surface area contributed by atoms with Crippen LogP contribution in [0.1, 0.15) is 0 Å². The first-order chi connectivity index (χ1) is 5.42. The van der Waals surface area contributed by atoms with Gasteiger partial charge in [-0.3, -0.25) is 0 Å². The topological polar surface area (TPSA) is 25.0 Å². The van der Waals surface area contributed by atoms with E-state index in [2.05, 4.69) is 11.1 Å². The number of nitrogens with one attached hydrogen (secondary N) is 1. The van der Waals surface area contributed by atoms with Gasteiger partial charge in [-0.15, -0.1) is 0 Å². The van der Waals surface area contributed by atoms with E-state index in [4.69, 9.17) is 4.74 Å². The molecule has 1 N–H and O–H groups in total. The van der Waals surface area contributed by atoms with Crippen LogP contribution in [0.3, 0.4) is 0 Å². The predicted octanol–water partition coefficient (Wildman–Crippen LogP) is 1.98. The Morgan fingerprint density at radius 1 is 1.45 bits per heavy atom. The largest absolute Gasteiger partial charge is 0.496 e. The lowest BCUT2D eigenvalue weighted by atomic mass is 10.2. The normalized spacial score (nSPS) is 10.3. The van der Waals surface area contributed by atoms with E-state index >= 15 is 0 Å². The van der Waals surface area contributed by atoms with E-state index in [1.807, 2.05) is 24.4 Å². The molecule has 0 aliphatic rings. The Labute approximate surface area is 64.8 Å². The van der Waals surface area contributed by atoms with Crippen molar-refractivity contribution in [1.29, 1.82) is 0 Å². The molecular weight excluding hydrogens is 138 g/mol. The van der Waals surface area contributed by atoms with Crippen LogP contribution in [-0.4, -0.2) is 12.1 Å². The Bertz CT molecular complexity index is 364. The summed E-state index contributed by atoms with van der Waals surface area (Å²) in [5, 5.41) is 1.08. The summed E-state index contributed by atoms with van der Waals surface area (Å²) in [7, 11) is 1.67. The lowest BCUT2D eigenvalue weighted by Gasteiger charge is -1.98.